The fourth-order valence-electron chi connectivity index (χ4n) is 3.85. The van der Waals surface area contributed by atoms with Gasteiger partial charge in [-0.25, -0.2) is 0 Å². The van der Waals surface area contributed by atoms with Crippen LogP contribution in [-0.4, -0.2) is 47.3 Å². The van der Waals surface area contributed by atoms with E-state index in [0.29, 0.717) is 17.7 Å². The molecule has 2 saturated heterocycles. The van der Waals surface area contributed by atoms with Crippen LogP contribution in [0.3, 0.4) is 0 Å². The molecule has 1 atom stereocenters. The number of hydrogen-bond donors (Lipinski definition) is 0. The minimum atomic E-state index is -0.0405. The van der Waals surface area contributed by atoms with Gasteiger partial charge in [0.15, 0.2) is 5.82 Å². The van der Waals surface area contributed by atoms with Crippen molar-refractivity contribution in [2.24, 2.45) is 11.3 Å². The van der Waals surface area contributed by atoms with Gasteiger partial charge in [-0.3, -0.25) is 4.79 Å². The van der Waals surface area contributed by atoms with E-state index in [1.54, 1.807) is 0 Å². The number of carbonyl (C=O) groups excluding carboxylic acids is 1. The maximum Gasteiger partial charge on any atom is 0.229 e. The first-order valence-electron chi connectivity index (χ1n) is 9.34. The zero-order valence-electron chi connectivity index (χ0n) is 14.5. The van der Waals surface area contributed by atoms with E-state index in [1.165, 1.54) is 0 Å². The van der Waals surface area contributed by atoms with Crippen molar-refractivity contribution in [1.29, 1.82) is 0 Å². The smallest absolute Gasteiger partial charge is 0.229 e. The van der Waals surface area contributed by atoms with Crippen molar-refractivity contribution < 1.29 is 14.1 Å². The van der Waals surface area contributed by atoms with E-state index in [4.69, 9.17) is 9.26 Å². The largest absolute Gasteiger partial charge is 0.381 e. The highest BCUT2D eigenvalue weighted by molar-refractivity contribution is 5.85. The molecule has 0 spiro atoms. The van der Waals surface area contributed by atoms with E-state index in [-0.39, 0.29) is 5.41 Å². The van der Waals surface area contributed by atoms with Crippen LogP contribution in [0.5, 0.6) is 0 Å². The predicted octanol–water partition coefficient (Wildman–Crippen LogP) is 2.54. The summed E-state index contributed by atoms with van der Waals surface area (Å²) in [6.07, 6.45) is 7.05. The van der Waals surface area contributed by atoms with Crippen molar-refractivity contribution in [2.75, 3.05) is 26.3 Å². The zero-order valence-corrected chi connectivity index (χ0v) is 14.5. The number of carbonyl (C=O) groups is 1. The summed E-state index contributed by atoms with van der Waals surface area (Å²) in [6, 6.07) is 0. The molecular formula is C18H27N3O3. The molecule has 3 fully saturated rings. The lowest BCUT2D eigenvalue weighted by Crippen LogP contribution is -2.34. The first kappa shape index (κ1) is 16.1. The highest BCUT2D eigenvalue weighted by Crippen LogP contribution is 2.47. The van der Waals surface area contributed by atoms with Crippen LogP contribution in [-0.2, 0) is 16.0 Å². The number of nitrogens with zero attached hydrogens (tertiary/aromatic N) is 3. The average molecular weight is 333 g/mol. The summed E-state index contributed by atoms with van der Waals surface area (Å²) in [6.45, 7) is 5.48. The Labute approximate surface area is 142 Å². The van der Waals surface area contributed by atoms with Gasteiger partial charge in [-0.15, -0.1) is 0 Å². The second-order valence-electron chi connectivity index (χ2n) is 7.94. The number of hydrogen-bond acceptors (Lipinski definition) is 5. The molecule has 0 radical (unpaired) electrons. The standard InChI is InChI=1S/C18H27N3O3/c1-18(7-8-18)17(22)21-9-4-13(12-21)2-3-15-19-16(24-20-15)14-5-10-23-11-6-14/h13-14H,2-12H2,1H3. The van der Waals surface area contributed by atoms with Crippen molar-refractivity contribution >= 4 is 5.91 Å². The summed E-state index contributed by atoms with van der Waals surface area (Å²) < 4.78 is 10.8. The normalized spacial score (nSPS) is 26.7. The highest BCUT2D eigenvalue weighted by Gasteiger charge is 2.48. The third kappa shape index (κ3) is 3.34. The molecule has 24 heavy (non-hydrogen) atoms. The average Bonchev–Trinajstić information content (AvgIpc) is 3.05. The van der Waals surface area contributed by atoms with Crippen molar-refractivity contribution in [1.82, 2.24) is 15.0 Å². The maximum absolute atomic E-state index is 12.4. The van der Waals surface area contributed by atoms with E-state index in [2.05, 4.69) is 22.0 Å². The number of likely N-dealkylation sites (tertiary alicyclic amines) is 1. The summed E-state index contributed by atoms with van der Waals surface area (Å²) in [5, 5.41) is 4.15. The van der Waals surface area contributed by atoms with Gasteiger partial charge in [0, 0.05) is 44.1 Å². The Bertz CT molecular complexity index is 590. The van der Waals surface area contributed by atoms with Crippen molar-refractivity contribution in [3.05, 3.63) is 11.7 Å². The van der Waals surface area contributed by atoms with Crippen LogP contribution in [0.15, 0.2) is 4.52 Å². The Hall–Kier alpha value is -1.43. The molecule has 3 aliphatic rings. The van der Waals surface area contributed by atoms with Gasteiger partial charge in [0.25, 0.3) is 0 Å². The molecular weight excluding hydrogens is 306 g/mol. The molecule has 2 aliphatic heterocycles. The summed E-state index contributed by atoms with van der Waals surface area (Å²) >= 11 is 0. The second-order valence-corrected chi connectivity index (χ2v) is 7.94. The third-order valence-corrected chi connectivity index (χ3v) is 5.92. The number of ether oxygens (including phenoxy) is 1. The lowest BCUT2D eigenvalue weighted by molar-refractivity contribution is -0.135. The molecule has 1 unspecified atom stereocenters. The molecule has 6 heteroatoms. The number of aromatic nitrogens is 2. The SMILES string of the molecule is CC1(C(=O)N2CCC(CCc3noc(C4CCOCC4)n3)C2)CC1. The molecule has 6 nitrogen and oxygen atoms in total. The molecule has 132 valence electrons. The first-order valence-corrected chi connectivity index (χ1v) is 9.34. The van der Waals surface area contributed by atoms with Gasteiger partial charge in [-0.05, 0) is 44.4 Å². The molecule has 1 aromatic rings. The molecule has 1 amide bonds. The van der Waals surface area contributed by atoms with Gasteiger partial charge in [-0.2, -0.15) is 4.98 Å². The highest BCUT2D eigenvalue weighted by atomic mass is 16.5. The van der Waals surface area contributed by atoms with Crippen LogP contribution >= 0.6 is 0 Å². The summed E-state index contributed by atoms with van der Waals surface area (Å²) in [5.74, 6) is 2.89. The van der Waals surface area contributed by atoms with Crippen molar-refractivity contribution in [3.63, 3.8) is 0 Å². The van der Waals surface area contributed by atoms with Gasteiger partial charge >= 0.3 is 0 Å². The molecule has 4 rings (SSSR count). The van der Waals surface area contributed by atoms with E-state index in [0.717, 1.165) is 83.0 Å². The molecule has 1 aromatic heterocycles. The van der Waals surface area contributed by atoms with Gasteiger partial charge in [0.05, 0.1) is 0 Å². The Balaban J connectivity index is 1.25. The number of rotatable bonds is 5. The molecule has 0 N–H and O–H groups in total. The minimum absolute atomic E-state index is 0.0405. The van der Waals surface area contributed by atoms with Crippen molar-refractivity contribution in [3.8, 4) is 0 Å². The number of aryl methyl sites for hydroxylation is 1. The van der Waals surface area contributed by atoms with Crippen LogP contribution < -0.4 is 0 Å². The van der Waals surface area contributed by atoms with Crippen LogP contribution in [0.1, 0.15) is 63.1 Å². The zero-order chi connectivity index (χ0) is 16.6. The second kappa shape index (κ2) is 6.47. The molecule has 0 bridgehead atoms. The molecule has 0 aromatic carbocycles. The molecule has 1 aliphatic carbocycles. The van der Waals surface area contributed by atoms with E-state index < -0.39 is 0 Å². The van der Waals surface area contributed by atoms with Gasteiger partial charge < -0.3 is 14.2 Å². The molecule has 3 heterocycles. The van der Waals surface area contributed by atoms with Crippen LogP contribution in [0.25, 0.3) is 0 Å². The Morgan fingerprint density at radius 1 is 1.29 bits per heavy atom. The van der Waals surface area contributed by atoms with Gasteiger partial charge in [0.2, 0.25) is 11.8 Å². The molecule has 1 saturated carbocycles. The quantitative estimate of drug-likeness (QED) is 0.828. The van der Waals surface area contributed by atoms with Crippen molar-refractivity contribution in [2.45, 2.75) is 57.8 Å². The fourth-order valence-corrected chi connectivity index (χ4v) is 3.85. The van der Waals surface area contributed by atoms with E-state index in [9.17, 15) is 4.79 Å². The van der Waals surface area contributed by atoms with Gasteiger partial charge in [0.1, 0.15) is 0 Å². The van der Waals surface area contributed by atoms with E-state index >= 15 is 0 Å². The summed E-state index contributed by atoms with van der Waals surface area (Å²) in [5.41, 5.74) is -0.0405. The first-order chi connectivity index (χ1) is 11.6. The maximum atomic E-state index is 12.4. The topological polar surface area (TPSA) is 68.5 Å². The summed E-state index contributed by atoms with van der Waals surface area (Å²) in [4.78, 5) is 19.1. The van der Waals surface area contributed by atoms with Crippen LogP contribution in [0, 0.1) is 11.3 Å². The Kier molecular flexibility index (Phi) is 4.33. The monoisotopic (exact) mass is 333 g/mol. The van der Waals surface area contributed by atoms with E-state index in [1.807, 2.05) is 0 Å². The Morgan fingerprint density at radius 2 is 2.08 bits per heavy atom. The predicted molar refractivity (Wildman–Crippen MR) is 87.4 cm³/mol. The van der Waals surface area contributed by atoms with Crippen LogP contribution in [0.2, 0.25) is 0 Å². The van der Waals surface area contributed by atoms with Gasteiger partial charge in [-0.1, -0.05) is 12.1 Å². The lowest BCUT2D eigenvalue weighted by Gasteiger charge is -2.20. The fraction of sp³-hybridized carbons (Fsp3) is 0.833. The lowest BCUT2D eigenvalue weighted by atomic mass is 10.0. The number of amides is 1. The summed E-state index contributed by atoms with van der Waals surface area (Å²) in [7, 11) is 0. The van der Waals surface area contributed by atoms with Crippen LogP contribution in [0.4, 0.5) is 0 Å². The Morgan fingerprint density at radius 3 is 2.83 bits per heavy atom. The minimum Gasteiger partial charge on any atom is -0.381 e. The third-order valence-electron chi connectivity index (χ3n) is 5.92.